The summed E-state index contributed by atoms with van der Waals surface area (Å²) in [6.45, 7) is 2.98. The molecule has 6 heteroatoms. The van der Waals surface area contributed by atoms with Crippen LogP contribution in [0.2, 0.25) is 0 Å². The zero-order valence-corrected chi connectivity index (χ0v) is 14.5. The second-order valence-electron chi connectivity index (χ2n) is 5.41. The maximum absolute atomic E-state index is 12.8. The smallest absolute Gasteiger partial charge is 0.267 e. The minimum absolute atomic E-state index is 0.0296. The average molecular weight is 353 g/mol. The molecule has 0 unspecified atom stereocenters. The molecule has 0 bridgehead atoms. The summed E-state index contributed by atoms with van der Waals surface area (Å²) in [5.74, 6) is -0.0609. The number of rotatable bonds is 8. The number of halogens is 1. The maximum atomic E-state index is 12.8. The third kappa shape index (κ3) is 5.95. The molecule has 2 aromatic carbocycles. The van der Waals surface area contributed by atoms with Crippen LogP contribution in [0.15, 0.2) is 60.3 Å². The molecule has 0 aliphatic rings. The first kappa shape index (κ1) is 19.0. The number of anilines is 1. The van der Waals surface area contributed by atoms with Crippen molar-refractivity contribution < 1.29 is 13.9 Å². The predicted octanol–water partition coefficient (Wildman–Crippen LogP) is 3.40. The van der Waals surface area contributed by atoms with Crippen LogP contribution in [0.25, 0.3) is 0 Å². The van der Waals surface area contributed by atoms with E-state index >= 15 is 0 Å². The highest BCUT2D eigenvalue weighted by Gasteiger charge is 2.09. The van der Waals surface area contributed by atoms with Gasteiger partial charge in [0.25, 0.3) is 5.91 Å². The van der Waals surface area contributed by atoms with Gasteiger partial charge >= 0.3 is 0 Å². The third-order valence-electron chi connectivity index (χ3n) is 3.51. The molecule has 2 rings (SSSR count). The summed E-state index contributed by atoms with van der Waals surface area (Å²) >= 11 is 0. The lowest BCUT2D eigenvalue weighted by Crippen LogP contribution is -2.18. The fraction of sp³-hybridized carbons (Fsp3) is 0.200. The molecule has 2 aromatic rings. The molecule has 0 saturated heterocycles. The fourth-order valence-electron chi connectivity index (χ4n) is 2.19. The van der Waals surface area contributed by atoms with E-state index in [9.17, 15) is 9.18 Å². The molecule has 0 radical (unpaired) electrons. The summed E-state index contributed by atoms with van der Waals surface area (Å²) in [6.07, 6.45) is 2.03. The van der Waals surface area contributed by atoms with Crippen molar-refractivity contribution in [2.45, 2.75) is 13.3 Å². The Morgan fingerprint density at radius 1 is 1.19 bits per heavy atom. The van der Waals surface area contributed by atoms with Gasteiger partial charge in [-0.3, -0.25) is 4.79 Å². The van der Waals surface area contributed by atoms with E-state index in [1.807, 2.05) is 13.0 Å². The molecule has 0 spiro atoms. The molecule has 2 N–H and O–H groups in total. The molecule has 134 valence electrons. The third-order valence-corrected chi connectivity index (χ3v) is 3.51. The monoisotopic (exact) mass is 353 g/mol. The molecule has 0 heterocycles. The summed E-state index contributed by atoms with van der Waals surface area (Å²) in [4.78, 5) is 12.1. The number of amides is 1. The predicted molar refractivity (Wildman–Crippen MR) is 98.0 cm³/mol. The number of benzene rings is 2. The van der Waals surface area contributed by atoms with Gasteiger partial charge in [-0.25, -0.2) is 4.39 Å². The van der Waals surface area contributed by atoms with Crippen molar-refractivity contribution >= 4 is 11.6 Å². The largest absolute Gasteiger partial charge is 0.494 e. The molecule has 0 aliphatic heterocycles. The number of nitrogens with one attached hydrogen (secondary N) is 2. The Bertz CT molecular complexity index is 793. The second kappa shape index (κ2) is 9.84. The van der Waals surface area contributed by atoms with Crippen molar-refractivity contribution in [3.05, 3.63) is 71.7 Å². The van der Waals surface area contributed by atoms with Gasteiger partial charge in [-0.2, -0.15) is 5.26 Å². The SMILES string of the molecule is CCOc1ccc(NC(=O)/C(C#N)=C\NCCc2ccc(F)cc2)cc1. The van der Waals surface area contributed by atoms with Crippen LogP contribution in [-0.2, 0) is 11.2 Å². The highest BCUT2D eigenvalue weighted by molar-refractivity contribution is 6.06. The number of carbonyl (C=O) groups is 1. The van der Waals surface area contributed by atoms with Gasteiger partial charge in [-0.05, 0) is 55.3 Å². The zero-order valence-electron chi connectivity index (χ0n) is 14.5. The lowest BCUT2D eigenvalue weighted by Gasteiger charge is -2.07. The highest BCUT2D eigenvalue weighted by atomic mass is 19.1. The van der Waals surface area contributed by atoms with Crippen LogP contribution in [0.5, 0.6) is 5.75 Å². The average Bonchev–Trinajstić information content (AvgIpc) is 2.65. The van der Waals surface area contributed by atoms with Crippen molar-refractivity contribution in [1.82, 2.24) is 5.32 Å². The molecule has 5 nitrogen and oxygen atoms in total. The summed E-state index contributed by atoms with van der Waals surface area (Å²) < 4.78 is 18.2. The molecule has 0 aliphatic carbocycles. The summed E-state index contributed by atoms with van der Waals surface area (Å²) in [5, 5.41) is 14.7. The Morgan fingerprint density at radius 2 is 1.88 bits per heavy atom. The number of nitriles is 1. The molecule has 0 fully saturated rings. The van der Waals surface area contributed by atoms with E-state index in [1.54, 1.807) is 36.4 Å². The highest BCUT2D eigenvalue weighted by Crippen LogP contribution is 2.16. The van der Waals surface area contributed by atoms with E-state index in [1.165, 1.54) is 18.3 Å². The van der Waals surface area contributed by atoms with Crippen molar-refractivity contribution in [3.8, 4) is 11.8 Å². The Labute approximate surface area is 152 Å². The first-order valence-corrected chi connectivity index (χ1v) is 8.24. The summed E-state index contributed by atoms with van der Waals surface area (Å²) in [5.41, 5.74) is 1.51. The molecule has 1 amide bonds. The molecule has 0 atom stereocenters. The zero-order chi connectivity index (χ0) is 18.8. The first-order chi connectivity index (χ1) is 12.6. The van der Waals surface area contributed by atoms with Crippen molar-refractivity contribution in [2.24, 2.45) is 0 Å². The van der Waals surface area contributed by atoms with E-state index in [2.05, 4.69) is 10.6 Å². The normalized spacial score (nSPS) is 10.7. The first-order valence-electron chi connectivity index (χ1n) is 8.24. The van der Waals surface area contributed by atoms with Crippen molar-refractivity contribution in [3.63, 3.8) is 0 Å². The Morgan fingerprint density at radius 3 is 2.50 bits per heavy atom. The van der Waals surface area contributed by atoms with Gasteiger partial charge in [0.2, 0.25) is 0 Å². The number of hydrogen-bond acceptors (Lipinski definition) is 4. The second-order valence-corrected chi connectivity index (χ2v) is 5.41. The van der Waals surface area contributed by atoms with Gasteiger partial charge < -0.3 is 15.4 Å². The Kier molecular flexibility index (Phi) is 7.19. The van der Waals surface area contributed by atoms with Crippen LogP contribution in [0.1, 0.15) is 12.5 Å². The minimum atomic E-state index is -0.494. The number of hydrogen-bond donors (Lipinski definition) is 2. The van der Waals surface area contributed by atoms with Crippen LogP contribution in [0, 0.1) is 17.1 Å². The summed E-state index contributed by atoms with van der Waals surface area (Å²) in [7, 11) is 0. The number of nitrogens with zero attached hydrogens (tertiary/aromatic N) is 1. The topological polar surface area (TPSA) is 74.1 Å². The van der Waals surface area contributed by atoms with Crippen LogP contribution in [-0.4, -0.2) is 19.1 Å². The molecule has 0 saturated carbocycles. The lowest BCUT2D eigenvalue weighted by molar-refractivity contribution is -0.112. The van der Waals surface area contributed by atoms with Crippen LogP contribution in [0.3, 0.4) is 0 Å². The molecule has 0 aromatic heterocycles. The lowest BCUT2D eigenvalue weighted by atomic mass is 10.1. The standard InChI is InChI=1S/C20H20FN3O2/c1-2-26-19-9-7-18(8-10-19)24-20(25)16(13-22)14-23-12-11-15-3-5-17(21)6-4-15/h3-10,14,23H,2,11-12H2,1H3,(H,24,25)/b16-14-. The van der Waals surface area contributed by atoms with E-state index in [0.29, 0.717) is 31.0 Å². The van der Waals surface area contributed by atoms with Crippen LogP contribution >= 0.6 is 0 Å². The summed E-state index contributed by atoms with van der Waals surface area (Å²) in [6, 6.07) is 15.0. The van der Waals surface area contributed by atoms with Crippen molar-refractivity contribution in [2.75, 3.05) is 18.5 Å². The molecular weight excluding hydrogens is 333 g/mol. The van der Waals surface area contributed by atoms with Gasteiger partial charge in [0.05, 0.1) is 6.61 Å². The number of carbonyl (C=O) groups excluding carboxylic acids is 1. The Hall–Kier alpha value is -3.33. The molecule has 26 heavy (non-hydrogen) atoms. The maximum Gasteiger partial charge on any atom is 0.267 e. The Balaban J connectivity index is 1.85. The van der Waals surface area contributed by atoms with Gasteiger partial charge in [0.1, 0.15) is 23.2 Å². The van der Waals surface area contributed by atoms with Gasteiger partial charge in [-0.15, -0.1) is 0 Å². The fourth-order valence-corrected chi connectivity index (χ4v) is 2.19. The van der Waals surface area contributed by atoms with E-state index in [0.717, 1.165) is 5.56 Å². The van der Waals surface area contributed by atoms with Crippen LogP contribution < -0.4 is 15.4 Å². The molecular formula is C20H20FN3O2. The van der Waals surface area contributed by atoms with Gasteiger partial charge in [-0.1, -0.05) is 12.1 Å². The van der Waals surface area contributed by atoms with Gasteiger partial charge in [0.15, 0.2) is 0 Å². The van der Waals surface area contributed by atoms with E-state index < -0.39 is 5.91 Å². The van der Waals surface area contributed by atoms with Gasteiger partial charge in [0, 0.05) is 18.4 Å². The van der Waals surface area contributed by atoms with E-state index in [-0.39, 0.29) is 11.4 Å². The van der Waals surface area contributed by atoms with Crippen molar-refractivity contribution in [1.29, 1.82) is 5.26 Å². The quantitative estimate of drug-likeness (QED) is 0.433. The number of ether oxygens (including phenoxy) is 1. The van der Waals surface area contributed by atoms with Crippen LogP contribution in [0.4, 0.5) is 10.1 Å². The minimum Gasteiger partial charge on any atom is -0.494 e. The van der Waals surface area contributed by atoms with E-state index in [4.69, 9.17) is 10.00 Å².